The molecule has 0 saturated heterocycles. The lowest BCUT2D eigenvalue weighted by molar-refractivity contribution is 0.486. The lowest BCUT2D eigenvalue weighted by Gasteiger charge is -2.26. The van der Waals surface area contributed by atoms with Gasteiger partial charge in [-0.1, -0.05) is 73.4 Å². The van der Waals surface area contributed by atoms with E-state index in [0.717, 1.165) is 66.7 Å². The van der Waals surface area contributed by atoms with Crippen LogP contribution >= 0.6 is 23.2 Å². The molecule has 6 heteroatoms. The van der Waals surface area contributed by atoms with Crippen molar-refractivity contribution in [1.82, 2.24) is 9.97 Å². The van der Waals surface area contributed by atoms with E-state index in [2.05, 4.69) is 86.2 Å². The molecule has 0 radical (unpaired) electrons. The van der Waals surface area contributed by atoms with Crippen LogP contribution in [0.2, 0.25) is 10.3 Å². The largest absolute Gasteiger partial charge is 0.457 e. The van der Waals surface area contributed by atoms with Gasteiger partial charge in [-0.15, -0.1) is 0 Å². The second-order valence-electron chi connectivity index (χ2n) is 11.7. The Morgan fingerprint density at radius 3 is 1.28 bits per heavy atom. The van der Waals surface area contributed by atoms with Crippen molar-refractivity contribution in [2.24, 2.45) is 0 Å². The Morgan fingerprint density at radius 1 is 0.535 bits per heavy atom. The van der Waals surface area contributed by atoms with E-state index in [1.807, 2.05) is 38.1 Å². The fourth-order valence-electron chi connectivity index (χ4n) is 5.71. The zero-order valence-corrected chi connectivity index (χ0v) is 26.6. The molecule has 0 amide bonds. The number of benzene rings is 4. The second-order valence-corrected chi connectivity index (χ2v) is 12.5. The normalized spacial score (nSPS) is 11.7. The molecule has 0 aliphatic rings. The van der Waals surface area contributed by atoms with Gasteiger partial charge < -0.3 is 9.47 Å². The van der Waals surface area contributed by atoms with E-state index in [1.165, 1.54) is 0 Å². The summed E-state index contributed by atoms with van der Waals surface area (Å²) in [5, 5.41) is 2.71. The molecule has 0 aliphatic heterocycles. The van der Waals surface area contributed by atoms with Crippen molar-refractivity contribution in [1.29, 1.82) is 0 Å². The molecule has 6 rings (SSSR count). The Bertz CT molecular complexity index is 1860. The minimum atomic E-state index is -0.251. The molecule has 2 aromatic heterocycles. The minimum absolute atomic E-state index is 0.251. The fourth-order valence-corrected chi connectivity index (χ4v) is 6.08. The van der Waals surface area contributed by atoms with Crippen LogP contribution in [0.3, 0.4) is 0 Å². The van der Waals surface area contributed by atoms with Crippen LogP contribution in [0, 0.1) is 27.7 Å². The van der Waals surface area contributed by atoms with Gasteiger partial charge in [-0.2, -0.15) is 0 Å². The third-order valence-corrected chi connectivity index (χ3v) is 8.35. The third kappa shape index (κ3) is 5.78. The van der Waals surface area contributed by atoms with E-state index in [1.54, 1.807) is 12.1 Å². The maximum Gasteiger partial charge on any atom is 0.139 e. The molecular weight excluding hydrogens is 575 g/mol. The van der Waals surface area contributed by atoms with Gasteiger partial charge in [-0.25, -0.2) is 9.97 Å². The van der Waals surface area contributed by atoms with Gasteiger partial charge in [-0.05, 0) is 97.5 Å². The standard InChI is InChI=1S/C37H32Cl2N2O2/c1-21-15-23(3)35-29(17-21)31(19-33(38)40-35)42-27-11-7-25(8-12-27)37(5,6)26-9-13-28(14-10-26)43-32-20-34(39)41-36-24(4)16-22(2)18-30(32)36/h7-20H,1-6H3. The first kappa shape index (κ1) is 29.0. The summed E-state index contributed by atoms with van der Waals surface area (Å²) in [5.74, 6) is 2.86. The summed E-state index contributed by atoms with van der Waals surface area (Å²) in [6, 6.07) is 28.3. The van der Waals surface area contributed by atoms with Crippen molar-refractivity contribution < 1.29 is 9.47 Å². The lowest BCUT2D eigenvalue weighted by Crippen LogP contribution is -2.18. The van der Waals surface area contributed by atoms with Crippen LogP contribution in [0.5, 0.6) is 23.0 Å². The molecule has 0 bridgehead atoms. The Labute approximate surface area is 262 Å². The van der Waals surface area contributed by atoms with Gasteiger partial charge in [0.15, 0.2) is 0 Å². The van der Waals surface area contributed by atoms with Crippen molar-refractivity contribution in [2.75, 3.05) is 0 Å². The summed E-state index contributed by atoms with van der Waals surface area (Å²) in [5.41, 5.74) is 8.21. The molecule has 4 nitrogen and oxygen atoms in total. The highest BCUT2D eigenvalue weighted by molar-refractivity contribution is 6.30. The van der Waals surface area contributed by atoms with E-state index in [9.17, 15) is 0 Å². The number of hydrogen-bond acceptors (Lipinski definition) is 4. The topological polar surface area (TPSA) is 44.2 Å². The molecule has 0 spiro atoms. The number of hydrogen-bond donors (Lipinski definition) is 0. The van der Waals surface area contributed by atoms with E-state index < -0.39 is 0 Å². The first-order chi connectivity index (χ1) is 20.5. The molecule has 0 unspecified atom stereocenters. The number of rotatable bonds is 6. The summed E-state index contributed by atoms with van der Waals surface area (Å²) in [6.45, 7) is 12.6. The molecule has 216 valence electrons. The lowest BCUT2D eigenvalue weighted by atomic mass is 9.78. The number of pyridine rings is 2. The van der Waals surface area contributed by atoms with Crippen LogP contribution in [-0.4, -0.2) is 9.97 Å². The van der Waals surface area contributed by atoms with E-state index in [4.69, 9.17) is 32.7 Å². The van der Waals surface area contributed by atoms with Crippen molar-refractivity contribution in [3.8, 4) is 23.0 Å². The summed E-state index contributed by atoms with van der Waals surface area (Å²) >= 11 is 12.7. The summed E-state index contributed by atoms with van der Waals surface area (Å²) in [6.07, 6.45) is 0. The van der Waals surface area contributed by atoms with Crippen molar-refractivity contribution in [3.05, 3.63) is 129 Å². The first-order valence-electron chi connectivity index (χ1n) is 14.2. The Hall–Kier alpha value is -4.12. The highest BCUT2D eigenvalue weighted by atomic mass is 35.5. The zero-order valence-electron chi connectivity index (χ0n) is 25.0. The molecule has 2 heterocycles. The average molecular weight is 608 g/mol. The van der Waals surface area contributed by atoms with Crippen LogP contribution in [0.25, 0.3) is 21.8 Å². The Balaban J connectivity index is 1.23. The average Bonchev–Trinajstić information content (AvgIpc) is 2.95. The number of aromatic nitrogens is 2. The van der Waals surface area contributed by atoms with E-state index in [-0.39, 0.29) is 5.41 Å². The smallest absolute Gasteiger partial charge is 0.139 e. The number of nitrogens with zero attached hydrogens (tertiary/aromatic N) is 2. The molecule has 4 aromatic carbocycles. The van der Waals surface area contributed by atoms with Gasteiger partial charge >= 0.3 is 0 Å². The number of fused-ring (bicyclic) bond motifs is 2. The molecule has 0 saturated carbocycles. The molecule has 0 N–H and O–H groups in total. The molecule has 0 atom stereocenters. The van der Waals surface area contributed by atoms with Crippen molar-refractivity contribution in [3.63, 3.8) is 0 Å². The van der Waals surface area contributed by atoms with Crippen LogP contribution < -0.4 is 9.47 Å². The van der Waals surface area contributed by atoms with Crippen LogP contribution in [0.4, 0.5) is 0 Å². The van der Waals surface area contributed by atoms with Crippen LogP contribution in [0.1, 0.15) is 47.2 Å². The monoisotopic (exact) mass is 606 g/mol. The molecule has 0 aliphatic carbocycles. The molecule has 0 fully saturated rings. The fraction of sp³-hybridized carbons (Fsp3) is 0.189. The Kier molecular flexibility index (Phi) is 7.53. The first-order valence-corrected chi connectivity index (χ1v) is 15.0. The quantitative estimate of drug-likeness (QED) is 0.177. The van der Waals surface area contributed by atoms with Gasteiger partial charge in [0.05, 0.1) is 11.0 Å². The van der Waals surface area contributed by atoms with Gasteiger partial charge in [0, 0.05) is 28.3 Å². The number of ether oxygens (including phenoxy) is 2. The summed E-state index contributed by atoms with van der Waals surface area (Å²) in [4.78, 5) is 9.04. The third-order valence-electron chi connectivity index (χ3n) is 7.97. The van der Waals surface area contributed by atoms with Crippen molar-refractivity contribution in [2.45, 2.75) is 47.0 Å². The molecule has 43 heavy (non-hydrogen) atoms. The summed E-state index contributed by atoms with van der Waals surface area (Å²) in [7, 11) is 0. The van der Waals surface area contributed by atoms with Crippen LogP contribution in [-0.2, 0) is 5.41 Å². The SMILES string of the molecule is Cc1cc(C)c2nc(Cl)cc(Oc3ccc(C(C)(C)c4ccc(Oc5cc(Cl)nc6c(C)cc(C)cc56)cc4)cc3)c2c1. The van der Waals surface area contributed by atoms with Gasteiger partial charge in [0.1, 0.15) is 33.3 Å². The second kappa shape index (κ2) is 11.2. The van der Waals surface area contributed by atoms with Gasteiger partial charge in [0.2, 0.25) is 0 Å². The number of aryl methyl sites for hydroxylation is 4. The molecular formula is C37H32Cl2N2O2. The highest BCUT2D eigenvalue weighted by Gasteiger charge is 2.23. The summed E-state index contributed by atoms with van der Waals surface area (Å²) < 4.78 is 12.7. The zero-order chi connectivity index (χ0) is 30.5. The highest BCUT2D eigenvalue weighted by Crippen LogP contribution is 2.38. The van der Waals surface area contributed by atoms with Gasteiger partial charge in [0.25, 0.3) is 0 Å². The van der Waals surface area contributed by atoms with Crippen molar-refractivity contribution >= 4 is 45.0 Å². The molecule has 6 aromatic rings. The predicted molar refractivity (Wildman–Crippen MR) is 178 cm³/mol. The number of halogens is 2. The predicted octanol–water partition coefficient (Wildman–Crippen LogP) is 11.2. The minimum Gasteiger partial charge on any atom is -0.457 e. The maximum atomic E-state index is 6.35. The van der Waals surface area contributed by atoms with E-state index >= 15 is 0 Å². The van der Waals surface area contributed by atoms with Crippen LogP contribution in [0.15, 0.2) is 84.9 Å². The van der Waals surface area contributed by atoms with E-state index in [0.29, 0.717) is 21.8 Å². The maximum absolute atomic E-state index is 6.35. The Morgan fingerprint density at radius 2 is 0.907 bits per heavy atom. The van der Waals surface area contributed by atoms with Gasteiger partial charge in [-0.3, -0.25) is 0 Å².